The van der Waals surface area contributed by atoms with Gasteiger partial charge < -0.3 is 10.1 Å². The van der Waals surface area contributed by atoms with Crippen molar-refractivity contribution in [3.8, 4) is 0 Å². The molecule has 2 aromatic carbocycles. The molecule has 0 saturated carbocycles. The fraction of sp³-hybridized carbons (Fsp3) is 0.176. The molecular formula is C17H16FNO3. The predicted molar refractivity (Wildman–Crippen MR) is 81.2 cm³/mol. The average Bonchev–Trinajstić information content (AvgIpc) is 2.49. The number of anilines is 1. The number of ether oxygens (including phenoxy) is 1. The summed E-state index contributed by atoms with van der Waals surface area (Å²) in [6.07, 6.45) is 0. The van der Waals surface area contributed by atoms with E-state index in [1.54, 1.807) is 19.1 Å². The van der Waals surface area contributed by atoms with E-state index in [9.17, 15) is 14.0 Å². The van der Waals surface area contributed by atoms with Crippen LogP contribution in [-0.4, -0.2) is 18.5 Å². The number of amides is 1. The van der Waals surface area contributed by atoms with Gasteiger partial charge in [-0.3, -0.25) is 4.79 Å². The highest BCUT2D eigenvalue weighted by Gasteiger charge is 2.13. The minimum absolute atomic E-state index is 0.0512. The van der Waals surface area contributed by atoms with Crippen molar-refractivity contribution in [2.75, 3.05) is 11.9 Å². The van der Waals surface area contributed by atoms with Crippen molar-refractivity contribution in [3.05, 3.63) is 65.0 Å². The van der Waals surface area contributed by atoms with E-state index in [0.717, 1.165) is 11.1 Å². The molecule has 5 heteroatoms. The van der Waals surface area contributed by atoms with Crippen LogP contribution in [-0.2, 0) is 9.53 Å². The maximum Gasteiger partial charge on any atom is 0.338 e. The van der Waals surface area contributed by atoms with Gasteiger partial charge in [0.2, 0.25) is 0 Å². The number of halogens is 1. The van der Waals surface area contributed by atoms with Gasteiger partial charge in [-0.15, -0.1) is 0 Å². The van der Waals surface area contributed by atoms with Gasteiger partial charge in [-0.25, -0.2) is 9.18 Å². The molecule has 0 fully saturated rings. The smallest absolute Gasteiger partial charge is 0.338 e. The Balaban J connectivity index is 1.95. The van der Waals surface area contributed by atoms with Crippen LogP contribution >= 0.6 is 0 Å². The quantitative estimate of drug-likeness (QED) is 0.882. The monoisotopic (exact) mass is 301 g/mol. The molecule has 0 unspecified atom stereocenters. The van der Waals surface area contributed by atoms with Crippen LogP contribution in [0.25, 0.3) is 0 Å². The highest BCUT2D eigenvalue weighted by molar-refractivity contribution is 5.96. The number of aryl methyl sites for hydroxylation is 2. The first-order valence-electron chi connectivity index (χ1n) is 6.76. The molecule has 2 rings (SSSR count). The van der Waals surface area contributed by atoms with Crippen molar-refractivity contribution in [1.82, 2.24) is 0 Å². The Morgan fingerprint density at radius 1 is 1.14 bits per heavy atom. The van der Waals surface area contributed by atoms with Crippen molar-refractivity contribution in [2.45, 2.75) is 13.8 Å². The Labute approximate surface area is 127 Å². The van der Waals surface area contributed by atoms with Gasteiger partial charge in [-0.05, 0) is 37.6 Å². The molecule has 0 saturated heterocycles. The Kier molecular flexibility index (Phi) is 4.88. The van der Waals surface area contributed by atoms with Gasteiger partial charge in [0, 0.05) is 0 Å². The standard InChI is InChI=1S/C17H16FNO3/c1-11-7-8-12(2)13(9-11)17(21)22-10-16(20)19-15-6-4-3-5-14(15)18/h3-9H,10H2,1-2H3,(H,19,20). The second-order valence-electron chi connectivity index (χ2n) is 4.92. The maximum atomic E-state index is 13.4. The molecule has 114 valence electrons. The summed E-state index contributed by atoms with van der Waals surface area (Å²) in [6.45, 7) is 3.18. The molecule has 0 aromatic heterocycles. The van der Waals surface area contributed by atoms with Gasteiger partial charge in [0.15, 0.2) is 6.61 Å². The Hall–Kier alpha value is -2.69. The van der Waals surface area contributed by atoms with Crippen LogP contribution in [0.1, 0.15) is 21.5 Å². The lowest BCUT2D eigenvalue weighted by Crippen LogP contribution is -2.21. The minimum atomic E-state index is -0.594. The lowest BCUT2D eigenvalue weighted by Gasteiger charge is -2.09. The Morgan fingerprint density at radius 2 is 1.86 bits per heavy atom. The number of carbonyl (C=O) groups excluding carboxylic acids is 2. The van der Waals surface area contributed by atoms with E-state index in [1.165, 1.54) is 18.2 Å². The van der Waals surface area contributed by atoms with Crippen molar-refractivity contribution >= 4 is 17.6 Å². The van der Waals surface area contributed by atoms with Crippen molar-refractivity contribution < 1.29 is 18.7 Å². The molecule has 0 atom stereocenters. The molecule has 0 spiro atoms. The van der Waals surface area contributed by atoms with E-state index >= 15 is 0 Å². The number of carbonyl (C=O) groups is 2. The van der Waals surface area contributed by atoms with E-state index in [4.69, 9.17) is 4.74 Å². The van der Waals surface area contributed by atoms with Crippen LogP contribution in [0.3, 0.4) is 0 Å². The number of esters is 1. The summed E-state index contributed by atoms with van der Waals surface area (Å²) in [4.78, 5) is 23.7. The van der Waals surface area contributed by atoms with Gasteiger partial charge in [-0.1, -0.05) is 29.8 Å². The normalized spacial score (nSPS) is 10.1. The number of hydrogen-bond donors (Lipinski definition) is 1. The lowest BCUT2D eigenvalue weighted by atomic mass is 10.1. The first-order chi connectivity index (χ1) is 10.5. The molecule has 4 nitrogen and oxygen atoms in total. The summed E-state index contributed by atoms with van der Waals surface area (Å²) in [5.74, 6) is -1.72. The number of para-hydroxylation sites is 1. The summed E-state index contributed by atoms with van der Waals surface area (Å²) in [6, 6.07) is 11.2. The molecule has 0 aliphatic rings. The van der Waals surface area contributed by atoms with Crippen LogP contribution in [0.5, 0.6) is 0 Å². The second kappa shape index (κ2) is 6.85. The first-order valence-corrected chi connectivity index (χ1v) is 6.76. The van der Waals surface area contributed by atoms with Crippen LogP contribution in [0.15, 0.2) is 42.5 Å². The molecule has 1 N–H and O–H groups in total. The third-order valence-electron chi connectivity index (χ3n) is 3.10. The van der Waals surface area contributed by atoms with Gasteiger partial charge >= 0.3 is 5.97 Å². The van der Waals surface area contributed by atoms with Crippen LogP contribution < -0.4 is 5.32 Å². The van der Waals surface area contributed by atoms with Gasteiger partial charge in [-0.2, -0.15) is 0 Å². The van der Waals surface area contributed by atoms with Crippen LogP contribution in [0, 0.1) is 19.7 Å². The fourth-order valence-electron chi connectivity index (χ4n) is 1.91. The largest absolute Gasteiger partial charge is 0.452 e. The topological polar surface area (TPSA) is 55.4 Å². The van der Waals surface area contributed by atoms with Crippen LogP contribution in [0.2, 0.25) is 0 Å². The highest BCUT2D eigenvalue weighted by Crippen LogP contribution is 2.13. The molecule has 22 heavy (non-hydrogen) atoms. The molecule has 1 amide bonds. The average molecular weight is 301 g/mol. The zero-order chi connectivity index (χ0) is 16.1. The molecule has 0 radical (unpaired) electrons. The van der Waals surface area contributed by atoms with Crippen molar-refractivity contribution in [3.63, 3.8) is 0 Å². The number of nitrogens with one attached hydrogen (secondary N) is 1. The van der Waals surface area contributed by atoms with Crippen molar-refractivity contribution in [2.24, 2.45) is 0 Å². The Morgan fingerprint density at radius 3 is 2.59 bits per heavy atom. The van der Waals surface area contributed by atoms with Crippen LogP contribution in [0.4, 0.5) is 10.1 Å². The minimum Gasteiger partial charge on any atom is -0.452 e. The SMILES string of the molecule is Cc1ccc(C)c(C(=O)OCC(=O)Nc2ccccc2F)c1. The van der Waals surface area contributed by atoms with Gasteiger partial charge in [0.25, 0.3) is 5.91 Å². The fourth-order valence-corrected chi connectivity index (χ4v) is 1.91. The zero-order valence-corrected chi connectivity index (χ0v) is 12.4. The molecule has 0 heterocycles. The summed E-state index contributed by atoms with van der Waals surface area (Å²) in [5.41, 5.74) is 2.16. The van der Waals surface area contributed by atoms with E-state index < -0.39 is 24.3 Å². The zero-order valence-electron chi connectivity index (χ0n) is 12.4. The van der Waals surface area contributed by atoms with Crippen molar-refractivity contribution in [1.29, 1.82) is 0 Å². The maximum absolute atomic E-state index is 13.4. The summed E-state index contributed by atoms with van der Waals surface area (Å²) in [5, 5.41) is 2.35. The molecule has 0 aliphatic heterocycles. The third-order valence-corrected chi connectivity index (χ3v) is 3.10. The molecule has 0 aliphatic carbocycles. The first kappa shape index (κ1) is 15.7. The highest BCUT2D eigenvalue weighted by atomic mass is 19.1. The molecular weight excluding hydrogens is 285 g/mol. The lowest BCUT2D eigenvalue weighted by molar-refractivity contribution is -0.119. The van der Waals surface area contributed by atoms with E-state index in [2.05, 4.69) is 5.32 Å². The second-order valence-corrected chi connectivity index (χ2v) is 4.92. The number of hydrogen-bond acceptors (Lipinski definition) is 3. The summed E-state index contributed by atoms with van der Waals surface area (Å²) in [7, 11) is 0. The van der Waals surface area contributed by atoms with Gasteiger partial charge in [0.05, 0.1) is 11.3 Å². The predicted octanol–water partition coefficient (Wildman–Crippen LogP) is 3.24. The third kappa shape index (κ3) is 3.91. The number of rotatable bonds is 4. The van der Waals surface area contributed by atoms with E-state index in [1.807, 2.05) is 19.1 Å². The van der Waals surface area contributed by atoms with E-state index in [-0.39, 0.29) is 5.69 Å². The van der Waals surface area contributed by atoms with Gasteiger partial charge in [0.1, 0.15) is 5.82 Å². The summed E-state index contributed by atoms with van der Waals surface area (Å²) >= 11 is 0. The van der Waals surface area contributed by atoms with E-state index in [0.29, 0.717) is 5.56 Å². The molecule has 2 aromatic rings. The molecule has 0 bridgehead atoms. The Bertz CT molecular complexity index is 713. The number of benzene rings is 2. The summed E-state index contributed by atoms with van der Waals surface area (Å²) < 4.78 is 18.4.